The minimum Gasteiger partial charge on any atom is -0.469 e. The molecule has 3 rings (SSSR count). The minimum atomic E-state index is -0.227. The van der Waals surface area contributed by atoms with E-state index in [1.807, 2.05) is 28.8 Å². The number of carbonyl (C=O) groups excluding carboxylic acids is 1. The summed E-state index contributed by atoms with van der Waals surface area (Å²) in [5, 5.41) is 0.663. The summed E-state index contributed by atoms with van der Waals surface area (Å²) in [7, 11) is 1.41. The molecular formula is C18H22N2O3. The van der Waals surface area contributed by atoms with Gasteiger partial charge in [-0.05, 0) is 37.8 Å². The predicted molar refractivity (Wildman–Crippen MR) is 88.5 cm³/mol. The maximum atomic E-state index is 12.8. The fraction of sp³-hybridized carbons (Fsp3) is 0.500. The number of fused-ring (bicyclic) bond motifs is 2. The molecule has 0 radical (unpaired) electrons. The Balaban J connectivity index is 2.13. The summed E-state index contributed by atoms with van der Waals surface area (Å²) in [6, 6.07) is 7.48. The van der Waals surface area contributed by atoms with E-state index in [0.717, 1.165) is 30.6 Å². The molecule has 1 aliphatic rings. The molecular weight excluding hydrogens is 292 g/mol. The Labute approximate surface area is 135 Å². The van der Waals surface area contributed by atoms with Crippen molar-refractivity contribution < 1.29 is 9.53 Å². The summed E-state index contributed by atoms with van der Waals surface area (Å²) in [6.07, 6.45) is 3.76. The van der Waals surface area contributed by atoms with Crippen molar-refractivity contribution in [2.45, 2.75) is 51.0 Å². The lowest BCUT2D eigenvalue weighted by molar-refractivity contribution is -0.141. The first-order chi connectivity index (χ1) is 11.1. The molecule has 0 fully saturated rings. The van der Waals surface area contributed by atoms with Crippen molar-refractivity contribution in [2.24, 2.45) is 0 Å². The van der Waals surface area contributed by atoms with Gasteiger partial charge in [0.2, 0.25) is 0 Å². The molecule has 1 aliphatic heterocycles. The number of hydrogen-bond donors (Lipinski definition) is 0. The van der Waals surface area contributed by atoms with Crippen LogP contribution in [-0.4, -0.2) is 22.6 Å². The molecule has 5 heteroatoms. The molecule has 1 aromatic carbocycles. The monoisotopic (exact) mass is 314 g/mol. The highest BCUT2D eigenvalue weighted by Crippen LogP contribution is 2.39. The lowest BCUT2D eigenvalue weighted by Gasteiger charge is -2.38. The second-order valence-electron chi connectivity index (χ2n) is 6.22. The van der Waals surface area contributed by atoms with Crippen molar-refractivity contribution in [1.82, 2.24) is 9.55 Å². The van der Waals surface area contributed by atoms with Gasteiger partial charge in [0.1, 0.15) is 5.82 Å². The Morgan fingerprint density at radius 3 is 2.91 bits per heavy atom. The maximum absolute atomic E-state index is 12.8. The first-order valence-electron chi connectivity index (χ1n) is 8.18. The molecule has 2 heterocycles. The number of aromatic nitrogens is 2. The smallest absolute Gasteiger partial charge is 0.305 e. The Kier molecular flexibility index (Phi) is 4.20. The highest BCUT2D eigenvalue weighted by Gasteiger charge is 2.38. The van der Waals surface area contributed by atoms with Gasteiger partial charge >= 0.3 is 5.97 Å². The molecule has 5 nitrogen and oxygen atoms in total. The molecule has 1 aromatic heterocycles. The molecule has 0 amide bonds. The van der Waals surface area contributed by atoms with Gasteiger partial charge in [-0.25, -0.2) is 4.98 Å². The van der Waals surface area contributed by atoms with Gasteiger partial charge in [0.15, 0.2) is 0 Å². The summed E-state index contributed by atoms with van der Waals surface area (Å²) in [6.45, 7) is 2.81. The lowest BCUT2D eigenvalue weighted by atomic mass is 9.74. The summed E-state index contributed by atoms with van der Waals surface area (Å²) in [4.78, 5) is 29.2. The molecule has 0 aliphatic carbocycles. The number of para-hydroxylation sites is 1. The van der Waals surface area contributed by atoms with E-state index in [2.05, 4.69) is 6.92 Å². The van der Waals surface area contributed by atoms with Crippen LogP contribution in [-0.2, 0) is 21.5 Å². The summed E-state index contributed by atoms with van der Waals surface area (Å²) in [5.74, 6) is 0.622. The van der Waals surface area contributed by atoms with E-state index in [1.54, 1.807) is 0 Å². The van der Waals surface area contributed by atoms with E-state index < -0.39 is 0 Å². The van der Waals surface area contributed by atoms with Crippen LogP contribution < -0.4 is 5.56 Å². The van der Waals surface area contributed by atoms with Crippen molar-refractivity contribution in [1.29, 1.82) is 0 Å². The largest absolute Gasteiger partial charge is 0.469 e. The second-order valence-corrected chi connectivity index (χ2v) is 6.22. The van der Waals surface area contributed by atoms with Crippen LogP contribution >= 0.6 is 0 Å². The van der Waals surface area contributed by atoms with Crippen LogP contribution in [0.25, 0.3) is 10.9 Å². The zero-order chi connectivity index (χ0) is 16.4. The standard InChI is InChI=1S/C18H22N2O3/c1-3-18(11-9-15(21)23-2)10-6-12-20-16(22)13-7-4-5-8-14(13)19-17(18)20/h4-5,7-8H,3,6,9-12H2,1-2H3. The summed E-state index contributed by atoms with van der Waals surface area (Å²) in [5.41, 5.74) is 0.540. The zero-order valence-electron chi connectivity index (χ0n) is 13.7. The van der Waals surface area contributed by atoms with Crippen LogP contribution in [0.15, 0.2) is 29.1 Å². The third-order valence-electron chi connectivity index (χ3n) is 5.09. The number of hydrogen-bond acceptors (Lipinski definition) is 4. The van der Waals surface area contributed by atoms with Gasteiger partial charge in [0.25, 0.3) is 5.56 Å². The van der Waals surface area contributed by atoms with Crippen LogP contribution in [0.3, 0.4) is 0 Å². The molecule has 0 N–H and O–H groups in total. The SMILES string of the molecule is CCC1(CCC(=O)OC)CCCn2c1nc1ccccc1c2=O. The molecule has 2 aromatic rings. The number of methoxy groups -OCH3 is 1. The minimum absolute atomic E-state index is 0.0289. The van der Waals surface area contributed by atoms with Crippen LogP contribution in [0, 0.1) is 0 Å². The number of ether oxygens (including phenoxy) is 1. The van der Waals surface area contributed by atoms with E-state index in [-0.39, 0.29) is 16.9 Å². The molecule has 0 spiro atoms. The van der Waals surface area contributed by atoms with Crippen LogP contribution in [0.1, 0.15) is 44.9 Å². The molecule has 122 valence electrons. The van der Waals surface area contributed by atoms with Crippen molar-refractivity contribution in [2.75, 3.05) is 7.11 Å². The number of benzene rings is 1. The zero-order valence-corrected chi connectivity index (χ0v) is 13.7. The predicted octanol–water partition coefficient (Wildman–Crippen LogP) is 2.79. The molecule has 23 heavy (non-hydrogen) atoms. The maximum Gasteiger partial charge on any atom is 0.305 e. The van der Waals surface area contributed by atoms with Crippen LogP contribution in [0.5, 0.6) is 0 Å². The third kappa shape index (κ3) is 2.64. The average molecular weight is 314 g/mol. The molecule has 1 atom stereocenters. The topological polar surface area (TPSA) is 61.2 Å². The highest BCUT2D eigenvalue weighted by molar-refractivity contribution is 5.77. The molecule has 0 bridgehead atoms. The normalized spacial score (nSPS) is 20.3. The van der Waals surface area contributed by atoms with Gasteiger partial charge in [0.05, 0.1) is 18.0 Å². The third-order valence-corrected chi connectivity index (χ3v) is 5.09. The van der Waals surface area contributed by atoms with E-state index in [4.69, 9.17) is 9.72 Å². The fourth-order valence-corrected chi connectivity index (χ4v) is 3.66. The summed E-state index contributed by atoms with van der Waals surface area (Å²) >= 11 is 0. The first kappa shape index (κ1) is 15.7. The van der Waals surface area contributed by atoms with Gasteiger partial charge in [0, 0.05) is 18.4 Å². The van der Waals surface area contributed by atoms with Crippen molar-refractivity contribution in [3.63, 3.8) is 0 Å². The van der Waals surface area contributed by atoms with Crippen LogP contribution in [0.2, 0.25) is 0 Å². The second kappa shape index (κ2) is 6.14. The Bertz CT molecular complexity index is 796. The van der Waals surface area contributed by atoms with Gasteiger partial charge in [-0.15, -0.1) is 0 Å². The first-order valence-corrected chi connectivity index (χ1v) is 8.18. The lowest BCUT2D eigenvalue weighted by Crippen LogP contribution is -2.41. The van der Waals surface area contributed by atoms with Crippen molar-refractivity contribution in [3.05, 3.63) is 40.4 Å². The molecule has 1 unspecified atom stereocenters. The van der Waals surface area contributed by atoms with Crippen molar-refractivity contribution >= 4 is 16.9 Å². The Morgan fingerprint density at radius 2 is 2.17 bits per heavy atom. The Morgan fingerprint density at radius 1 is 1.39 bits per heavy atom. The van der Waals surface area contributed by atoms with E-state index >= 15 is 0 Å². The average Bonchev–Trinajstić information content (AvgIpc) is 2.60. The van der Waals surface area contributed by atoms with Crippen molar-refractivity contribution in [3.8, 4) is 0 Å². The Hall–Kier alpha value is -2.17. The van der Waals surface area contributed by atoms with Crippen LogP contribution in [0.4, 0.5) is 0 Å². The number of carbonyl (C=O) groups is 1. The highest BCUT2D eigenvalue weighted by atomic mass is 16.5. The van der Waals surface area contributed by atoms with Gasteiger partial charge < -0.3 is 4.74 Å². The molecule has 0 saturated heterocycles. The van der Waals surface area contributed by atoms with E-state index in [0.29, 0.717) is 24.8 Å². The van der Waals surface area contributed by atoms with Gasteiger partial charge in [-0.3, -0.25) is 14.2 Å². The summed E-state index contributed by atoms with van der Waals surface area (Å²) < 4.78 is 6.60. The van der Waals surface area contributed by atoms with E-state index in [1.165, 1.54) is 7.11 Å². The quantitative estimate of drug-likeness (QED) is 0.814. The number of rotatable bonds is 4. The fourth-order valence-electron chi connectivity index (χ4n) is 3.66. The number of nitrogens with zero attached hydrogens (tertiary/aromatic N) is 2. The number of esters is 1. The van der Waals surface area contributed by atoms with Gasteiger partial charge in [-0.1, -0.05) is 19.1 Å². The van der Waals surface area contributed by atoms with Gasteiger partial charge in [-0.2, -0.15) is 0 Å². The van der Waals surface area contributed by atoms with E-state index in [9.17, 15) is 9.59 Å². The molecule has 0 saturated carbocycles.